The Labute approximate surface area is 187 Å². The van der Waals surface area contributed by atoms with E-state index in [0.29, 0.717) is 6.42 Å². The van der Waals surface area contributed by atoms with E-state index in [1.165, 1.54) is 6.92 Å². The van der Waals surface area contributed by atoms with Crippen LogP contribution in [0.1, 0.15) is 71.6 Å². The molecule has 0 aromatic carbocycles. The monoisotopic (exact) mass is 436 g/mol. The van der Waals surface area contributed by atoms with Crippen LogP contribution in [0.15, 0.2) is 48.6 Å². The van der Waals surface area contributed by atoms with Gasteiger partial charge in [0.1, 0.15) is 6.61 Å². The van der Waals surface area contributed by atoms with E-state index in [0.717, 1.165) is 44.9 Å². The molecule has 31 heavy (non-hydrogen) atoms. The second kappa shape index (κ2) is 21.1. The van der Waals surface area contributed by atoms with Crippen LogP contribution in [0, 0.1) is 0 Å². The van der Waals surface area contributed by atoms with Crippen LogP contribution in [-0.4, -0.2) is 47.6 Å². The number of hydrogen-bond donors (Lipinski definition) is 2. The van der Waals surface area contributed by atoms with Gasteiger partial charge >= 0.3 is 11.9 Å². The van der Waals surface area contributed by atoms with Crippen LogP contribution in [-0.2, 0) is 19.1 Å². The number of carbonyl (C=O) groups is 2. The summed E-state index contributed by atoms with van der Waals surface area (Å²) in [6.07, 6.45) is 23.3. The second-order valence-corrected chi connectivity index (χ2v) is 7.36. The molecule has 0 heterocycles. The molecule has 0 unspecified atom stereocenters. The number of unbranched alkanes of at least 4 members (excludes halogenated alkanes) is 2. The Kier molecular flexibility index (Phi) is 19.6. The van der Waals surface area contributed by atoms with Crippen molar-refractivity contribution in [2.75, 3.05) is 13.2 Å². The molecule has 0 bridgehead atoms. The molecule has 2 atom stereocenters. The van der Waals surface area contributed by atoms with Gasteiger partial charge in [-0.15, -0.1) is 0 Å². The molecular weight excluding hydrogens is 396 g/mol. The van der Waals surface area contributed by atoms with E-state index >= 15 is 0 Å². The Bertz CT molecular complexity index is 575. The summed E-state index contributed by atoms with van der Waals surface area (Å²) in [6.45, 7) is 2.59. The maximum Gasteiger partial charge on any atom is 0.306 e. The lowest BCUT2D eigenvalue weighted by atomic mass is 10.1. The molecule has 0 saturated heterocycles. The summed E-state index contributed by atoms with van der Waals surface area (Å²) in [4.78, 5) is 22.4. The van der Waals surface area contributed by atoms with Gasteiger partial charge in [0, 0.05) is 13.3 Å². The van der Waals surface area contributed by atoms with Crippen molar-refractivity contribution in [1.29, 1.82) is 0 Å². The van der Waals surface area contributed by atoms with Crippen molar-refractivity contribution in [1.82, 2.24) is 0 Å². The first-order chi connectivity index (χ1) is 15.0. The van der Waals surface area contributed by atoms with Gasteiger partial charge in [-0.1, -0.05) is 48.6 Å². The molecule has 0 saturated carbocycles. The predicted octanol–water partition coefficient (Wildman–Crippen LogP) is 4.57. The number of esters is 2. The zero-order valence-electron chi connectivity index (χ0n) is 19.1. The molecule has 0 aliphatic carbocycles. The molecule has 0 spiro atoms. The van der Waals surface area contributed by atoms with Gasteiger partial charge in [-0.25, -0.2) is 0 Å². The first-order valence-corrected chi connectivity index (χ1v) is 11.2. The summed E-state index contributed by atoms with van der Waals surface area (Å²) in [6, 6.07) is 0. The highest BCUT2D eigenvalue weighted by molar-refractivity contribution is 5.69. The Hall–Kier alpha value is -2.18. The second-order valence-electron chi connectivity index (χ2n) is 7.36. The lowest BCUT2D eigenvalue weighted by molar-refractivity contribution is -0.160. The maximum atomic E-state index is 11.7. The van der Waals surface area contributed by atoms with Crippen LogP contribution >= 0.6 is 0 Å². The van der Waals surface area contributed by atoms with Crippen molar-refractivity contribution in [2.45, 2.75) is 83.8 Å². The minimum Gasteiger partial charge on any atom is -0.462 e. The molecule has 176 valence electrons. The molecule has 2 N–H and O–H groups in total. The van der Waals surface area contributed by atoms with Crippen molar-refractivity contribution in [3.63, 3.8) is 0 Å². The standard InChI is InChI=1S/C25H40O6/c1-22(27)18-16-14-12-10-8-6-4-3-5-7-9-11-13-15-17-19-25(29)31-24(20-26)21-30-23(2)28/h4-7,10-13,22,24,26-27H,3,8-9,14-21H2,1-2H3/b6-4-,7-5-,12-10-,13-11-/t22-,24-/m0/s1. The molecule has 0 rings (SSSR count). The smallest absolute Gasteiger partial charge is 0.306 e. The molecular formula is C25H40O6. The normalized spacial score (nSPS) is 14.1. The van der Waals surface area contributed by atoms with Gasteiger partial charge < -0.3 is 19.7 Å². The third-order valence-electron chi connectivity index (χ3n) is 4.20. The first-order valence-electron chi connectivity index (χ1n) is 11.2. The van der Waals surface area contributed by atoms with Gasteiger partial charge in [0.2, 0.25) is 0 Å². The molecule has 0 aromatic rings. The molecule has 0 fully saturated rings. The number of rotatable bonds is 18. The summed E-state index contributed by atoms with van der Waals surface area (Å²) < 4.78 is 9.79. The van der Waals surface area contributed by atoms with Crippen LogP contribution in [0.4, 0.5) is 0 Å². The quantitative estimate of drug-likeness (QED) is 0.186. The van der Waals surface area contributed by atoms with Gasteiger partial charge in [-0.3, -0.25) is 9.59 Å². The number of ether oxygens (including phenoxy) is 2. The van der Waals surface area contributed by atoms with Crippen molar-refractivity contribution in [2.24, 2.45) is 0 Å². The van der Waals surface area contributed by atoms with Crippen LogP contribution in [0.5, 0.6) is 0 Å². The summed E-state index contributed by atoms with van der Waals surface area (Å²) in [7, 11) is 0. The van der Waals surface area contributed by atoms with E-state index in [9.17, 15) is 9.59 Å². The molecule has 0 aromatic heterocycles. The molecule has 0 aliphatic heterocycles. The van der Waals surface area contributed by atoms with Crippen LogP contribution in [0.25, 0.3) is 0 Å². The lowest BCUT2D eigenvalue weighted by Crippen LogP contribution is -2.28. The zero-order chi connectivity index (χ0) is 23.2. The highest BCUT2D eigenvalue weighted by atomic mass is 16.6. The highest BCUT2D eigenvalue weighted by Crippen LogP contribution is 2.04. The van der Waals surface area contributed by atoms with E-state index in [-0.39, 0.29) is 25.7 Å². The molecule has 0 amide bonds. The Morgan fingerprint density at radius 2 is 1.39 bits per heavy atom. The fourth-order valence-corrected chi connectivity index (χ4v) is 2.52. The van der Waals surface area contributed by atoms with E-state index < -0.39 is 18.0 Å². The number of aliphatic hydroxyl groups is 2. The SMILES string of the molecule is CC(=O)OC[C@H](CO)OC(=O)CCC/C=C\C/C=C\C/C=C\C/C=C\CCC[C@H](C)O. The Morgan fingerprint density at radius 1 is 0.871 bits per heavy atom. The maximum absolute atomic E-state index is 11.7. The number of allylic oxidation sites excluding steroid dienone is 8. The van der Waals surface area contributed by atoms with E-state index in [4.69, 9.17) is 19.7 Å². The van der Waals surface area contributed by atoms with Crippen LogP contribution < -0.4 is 0 Å². The first kappa shape index (κ1) is 28.8. The average molecular weight is 437 g/mol. The predicted molar refractivity (Wildman–Crippen MR) is 123 cm³/mol. The van der Waals surface area contributed by atoms with Crippen molar-refractivity contribution < 1.29 is 29.3 Å². The fourth-order valence-electron chi connectivity index (χ4n) is 2.52. The van der Waals surface area contributed by atoms with Crippen molar-refractivity contribution in [3.05, 3.63) is 48.6 Å². The van der Waals surface area contributed by atoms with Crippen LogP contribution in [0.3, 0.4) is 0 Å². The number of hydrogen-bond acceptors (Lipinski definition) is 6. The minimum atomic E-state index is -0.803. The Balaban J connectivity index is 3.66. The van der Waals surface area contributed by atoms with Crippen molar-refractivity contribution in [3.8, 4) is 0 Å². The highest BCUT2D eigenvalue weighted by Gasteiger charge is 2.14. The number of carbonyl (C=O) groups excluding carboxylic acids is 2. The van der Waals surface area contributed by atoms with Crippen LogP contribution in [0.2, 0.25) is 0 Å². The zero-order valence-corrected chi connectivity index (χ0v) is 19.1. The average Bonchev–Trinajstić information content (AvgIpc) is 2.72. The number of aliphatic hydroxyl groups excluding tert-OH is 2. The fraction of sp³-hybridized carbons (Fsp3) is 0.600. The third kappa shape index (κ3) is 22.3. The van der Waals surface area contributed by atoms with Gasteiger partial charge in [0.15, 0.2) is 6.10 Å². The minimum absolute atomic E-state index is 0.124. The van der Waals surface area contributed by atoms with E-state index in [1.807, 2.05) is 13.0 Å². The van der Waals surface area contributed by atoms with Gasteiger partial charge in [0.25, 0.3) is 0 Å². The third-order valence-corrected chi connectivity index (χ3v) is 4.20. The van der Waals surface area contributed by atoms with Gasteiger partial charge in [-0.2, -0.15) is 0 Å². The largest absolute Gasteiger partial charge is 0.462 e. The summed E-state index contributed by atoms with van der Waals surface area (Å²) in [5, 5.41) is 18.3. The topological polar surface area (TPSA) is 93.1 Å². The summed E-state index contributed by atoms with van der Waals surface area (Å²) >= 11 is 0. The molecule has 0 aliphatic rings. The Morgan fingerprint density at radius 3 is 1.87 bits per heavy atom. The van der Waals surface area contributed by atoms with E-state index in [2.05, 4.69) is 42.5 Å². The van der Waals surface area contributed by atoms with Gasteiger partial charge in [0.05, 0.1) is 12.7 Å². The lowest BCUT2D eigenvalue weighted by Gasteiger charge is -2.14. The van der Waals surface area contributed by atoms with Crippen molar-refractivity contribution >= 4 is 11.9 Å². The summed E-state index contributed by atoms with van der Waals surface area (Å²) in [5.41, 5.74) is 0. The van der Waals surface area contributed by atoms with E-state index in [1.54, 1.807) is 0 Å². The molecule has 6 heteroatoms. The molecule has 0 radical (unpaired) electrons. The molecule has 6 nitrogen and oxygen atoms in total. The van der Waals surface area contributed by atoms with Gasteiger partial charge in [-0.05, 0) is 58.3 Å². The summed E-state index contributed by atoms with van der Waals surface area (Å²) in [5.74, 6) is -0.876.